The van der Waals surface area contributed by atoms with Gasteiger partial charge in [0.25, 0.3) is 0 Å². The number of aryl methyl sites for hydroxylation is 1. The molecule has 2 aromatic heterocycles. The summed E-state index contributed by atoms with van der Waals surface area (Å²) in [6, 6.07) is 4.19. The first-order valence-corrected chi connectivity index (χ1v) is 7.09. The molecule has 0 bridgehead atoms. The number of rotatable bonds is 2. The van der Waals surface area contributed by atoms with Crippen LogP contribution in [0.3, 0.4) is 0 Å². The van der Waals surface area contributed by atoms with Crippen LogP contribution in [0.1, 0.15) is 20.7 Å². The molecule has 0 aromatic carbocycles. The highest BCUT2D eigenvalue weighted by Crippen LogP contribution is 2.39. The van der Waals surface area contributed by atoms with Crippen LogP contribution in [0.5, 0.6) is 0 Å². The monoisotopic (exact) mass is 306 g/mol. The Hall–Kier alpha value is 0.170. The van der Waals surface area contributed by atoms with E-state index in [2.05, 4.69) is 45.7 Å². The minimum Gasteiger partial charge on any atom is -0.152 e. The standard InChI is InChI=1S/C10H8BrClS2/c1-6-4-8(11)10(14-6)9(12)7-2-3-13-5-7/h2-5,9H,1H3. The molecular weight excluding hydrogens is 300 g/mol. The van der Waals surface area contributed by atoms with Crippen LogP contribution in [-0.4, -0.2) is 0 Å². The van der Waals surface area contributed by atoms with Crippen molar-refractivity contribution in [2.24, 2.45) is 0 Å². The van der Waals surface area contributed by atoms with Crippen molar-refractivity contribution < 1.29 is 0 Å². The topological polar surface area (TPSA) is 0 Å². The fourth-order valence-corrected chi connectivity index (χ4v) is 4.41. The second kappa shape index (κ2) is 4.35. The summed E-state index contributed by atoms with van der Waals surface area (Å²) < 4.78 is 1.12. The second-order valence-electron chi connectivity index (χ2n) is 2.99. The molecule has 74 valence electrons. The number of thiophene rings is 2. The average Bonchev–Trinajstić information content (AvgIpc) is 2.73. The number of halogens is 2. The Labute approximate surface area is 105 Å². The predicted molar refractivity (Wildman–Crippen MR) is 68.8 cm³/mol. The van der Waals surface area contributed by atoms with Gasteiger partial charge in [0.2, 0.25) is 0 Å². The summed E-state index contributed by atoms with van der Waals surface area (Å²) >= 11 is 13.3. The van der Waals surface area contributed by atoms with E-state index in [1.807, 2.05) is 0 Å². The second-order valence-corrected chi connectivity index (χ2v) is 6.35. The minimum atomic E-state index is -0.0191. The Morgan fingerprint density at radius 2 is 2.29 bits per heavy atom. The Balaban J connectivity index is 2.36. The van der Waals surface area contributed by atoms with Crippen LogP contribution in [0.2, 0.25) is 0 Å². The summed E-state index contributed by atoms with van der Waals surface area (Å²) in [6.45, 7) is 2.09. The molecule has 1 unspecified atom stereocenters. The first-order valence-electron chi connectivity index (χ1n) is 4.10. The maximum Gasteiger partial charge on any atom is 0.0947 e. The van der Waals surface area contributed by atoms with Gasteiger partial charge in [-0.05, 0) is 51.3 Å². The number of hydrogen-bond donors (Lipinski definition) is 0. The zero-order valence-corrected chi connectivity index (χ0v) is 11.4. The molecule has 0 aliphatic rings. The van der Waals surface area contributed by atoms with Crippen molar-refractivity contribution in [3.63, 3.8) is 0 Å². The summed E-state index contributed by atoms with van der Waals surface area (Å²) in [6.07, 6.45) is 0. The van der Waals surface area contributed by atoms with Gasteiger partial charge in [-0.1, -0.05) is 0 Å². The van der Waals surface area contributed by atoms with E-state index in [0.717, 1.165) is 4.47 Å². The summed E-state index contributed by atoms with van der Waals surface area (Å²) in [5.74, 6) is 0. The molecule has 4 heteroatoms. The van der Waals surface area contributed by atoms with E-state index >= 15 is 0 Å². The molecule has 0 saturated carbocycles. The average molecular weight is 308 g/mol. The Bertz CT molecular complexity index is 419. The quantitative estimate of drug-likeness (QED) is 0.668. The van der Waals surface area contributed by atoms with E-state index in [-0.39, 0.29) is 5.38 Å². The van der Waals surface area contributed by atoms with Gasteiger partial charge in [-0.15, -0.1) is 22.9 Å². The maximum atomic E-state index is 6.38. The van der Waals surface area contributed by atoms with Gasteiger partial charge in [-0.2, -0.15) is 11.3 Å². The predicted octanol–water partition coefficient (Wildman–Crippen LogP) is 5.21. The molecule has 0 aliphatic carbocycles. The molecule has 0 saturated heterocycles. The van der Waals surface area contributed by atoms with Gasteiger partial charge in [0.05, 0.1) is 5.38 Å². The van der Waals surface area contributed by atoms with E-state index in [1.54, 1.807) is 22.7 Å². The van der Waals surface area contributed by atoms with Gasteiger partial charge in [-0.25, -0.2) is 0 Å². The molecule has 0 nitrogen and oxygen atoms in total. The molecule has 0 fully saturated rings. The van der Waals surface area contributed by atoms with E-state index in [4.69, 9.17) is 11.6 Å². The largest absolute Gasteiger partial charge is 0.152 e. The molecule has 2 aromatic rings. The van der Waals surface area contributed by atoms with Gasteiger partial charge in [-0.3, -0.25) is 0 Å². The molecule has 1 atom stereocenters. The summed E-state index contributed by atoms with van der Waals surface area (Å²) in [4.78, 5) is 2.48. The van der Waals surface area contributed by atoms with Gasteiger partial charge in [0.15, 0.2) is 0 Å². The van der Waals surface area contributed by atoms with Gasteiger partial charge in [0, 0.05) is 14.2 Å². The molecule has 2 heterocycles. The van der Waals surface area contributed by atoms with Crippen LogP contribution in [0, 0.1) is 6.92 Å². The van der Waals surface area contributed by atoms with Crippen LogP contribution in [0.25, 0.3) is 0 Å². The molecule has 0 amide bonds. The van der Waals surface area contributed by atoms with Crippen LogP contribution in [0.15, 0.2) is 27.4 Å². The van der Waals surface area contributed by atoms with E-state index in [1.165, 1.54) is 15.3 Å². The molecule has 0 spiro atoms. The Morgan fingerprint density at radius 3 is 2.79 bits per heavy atom. The lowest BCUT2D eigenvalue weighted by Gasteiger charge is -2.05. The lowest BCUT2D eigenvalue weighted by atomic mass is 10.2. The number of alkyl halides is 1. The van der Waals surface area contributed by atoms with Crippen LogP contribution >= 0.6 is 50.2 Å². The Morgan fingerprint density at radius 1 is 1.50 bits per heavy atom. The van der Waals surface area contributed by atoms with Gasteiger partial charge >= 0.3 is 0 Å². The molecule has 0 aliphatic heterocycles. The SMILES string of the molecule is Cc1cc(Br)c(C(Cl)c2ccsc2)s1. The third-order valence-electron chi connectivity index (χ3n) is 1.90. The molecule has 0 radical (unpaired) electrons. The fourth-order valence-electron chi connectivity index (χ4n) is 1.24. The lowest BCUT2D eigenvalue weighted by Crippen LogP contribution is -1.87. The fraction of sp³-hybridized carbons (Fsp3) is 0.200. The highest BCUT2D eigenvalue weighted by atomic mass is 79.9. The van der Waals surface area contributed by atoms with Crippen LogP contribution < -0.4 is 0 Å². The van der Waals surface area contributed by atoms with E-state index in [9.17, 15) is 0 Å². The molecular formula is C10H8BrClS2. The van der Waals surface area contributed by atoms with Crippen molar-refractivity contribution in [1.82, 2.24) is 0 Å². The summed E-state index contributed by atoms with van der Waals surface area (Å²) in [5, 5.41) is 4.13. The van der Waals surface area contributed by atoms with Crippen molar-refractivity contribution >= 4 is 50.2 Å². The van der Waals surface area contributed by atoms with E-state index < -0.39 is 0 Å². The van der Waals surface area contributed by atoms with Gasteiger partial charge < -0.3 is 0 Å². The molecule has 14 heavy (non-hydrogen) atoms. The number of hydrogen-bond acceptors (Lipinski definition) is 2. The van der Waals surface area contributed by atoms with Crippen LogP contribution in [0.4, 0.5) is 0 Å². The highest BCUT2D eigenvalue weighted by Gasteiger charge is 2.16. The van der Waals surface area contributed by atoms with Gasteiger partial charge in [0.1, 0.15) is 0 Å². The summed E-state index contributed by atoms with van der Waals surface area (Å²) in [5.41, 5.74) is 1.18. The van der Waals surface area contributed by atoms with Crippen molar-refractivity contribution in [2.75, 3.05) is 0 Å². The van der Waals surface area contributed by atoms with E-state index in [0.29, 0.717) is 0 Å². The van der Waals surface area contributed by atoms with Crippen molar-refractivity contribution in [1.29, 1.82) is 0 Å². The third kappa shape index (κ3) is 2.06. The third-order valence-corrected chi connectivity index (χ3v) is 5.24. The Kier molecular flexibility index (Phi) is 3.32. The highest BCUT2D eigenvalue weighted by molar-refractivity contribution is 9.10. The minimum absolute atomic E-state index is 0.0191. The van der Waals surface area contributed by atoms with Crippen LogP contribution in [-0.2, 0) is 0 Å². The first-order chi connectivity index (χ1) is 6.68. The van der Waals surface area contributed by atoms with Crippen molar-refractivity contribution in [3.8, 4) is 0 Å². The zero-order chi connectivity index (χ0) is 10.1. The smallest absolute Gasteiger partial charge is 0.0947 e. The first kappa shape index (κ1) is 10.7. The van der Waals surface area contributed by atoms with Crippen molar-refractivity contribution in [3.05, 3.63) is 42.7 Å². The normalized spacial score (nSPS) is 13.1. The lowest BCUT2D eigenvalue weighted by molar-refractivity contribution is 1.19. The molecule has 2 rings (SSSR count). The maximum absolute atomic E-state index is 6.38. The zero-order valence-electron chi connectivity index (χ0n) is 7.46. The summed E-state index contributed by atoms with van der Waals surface area (Å²) in [7, 11) is 0. The van der Waals surface area contributed by atoms with Crippen molar-refractivity contribution in [2.45, 2.75) is 12.3 Å². The molecule has 0 N–H and O–H groups in total.